The molecule has 0 radical (unpaired) electrons. The maximum absolute atomic E-state index is 13.3. The molecule has 72 valence electrons. The molecule has 0 aliphatic carbocycles. The fraction of sp³-hybridized carbons (Fsp3) is 0.400. The Bertz CT molecular complexity index is 276. The standard InChI is InChI=1S/C10H14FNS/c1-3-13-10-5-4-8(7-12-2)6-9(10)11/h4-6,12H,3,7H2,1-2H3. The number of thioether (sulfide) groups is 1. The van der Waals surface area contributed by atoms with Crippen LogP contribution in [0.1, 0.15) is 12.5 Å². The van der Waals surface area contributed by atoms with Crippen molar-refractivity contribution >= 4 is 11.8 Å². The van der Waals surface area contributed by atoms with Crippen LogP contribution in [0.15, 0.2) is 23.1 Å². The Kier molecular flexibility index (Phi) is 4.25. The van der Waals surface area contributed by atoms with E-state index in [0.29, 0.717) is 6.54 Å². The lowest BCUT2D eigenvalue weighted by Gasteiger charge is -2.04. The summed E-state index contributed by atoms with van der Waals surface area (Å²) in [5.41, 5.74) is 0.987. The highest BCUT2D eigenvalue weighted by molar-refractivity contribution is 7.99. The maximum atomic E-state index is 13.3. The van der Waals surface area contributed by atoms with Crippen molar-refractivity contribution in [1.82, 2.24) is 5.32 Å². The van der Waals surface area contributed by atoms with Gasteiger partial charge in [0.1, 0.15) is 5.82 Å². The highest BCUT2D eigenvalue weighted by Gasteiger charge is 2.02. The van der Waals surface area contributed by atoms with Crippen molar-refractivity contribution in [2.45, 2.75) is 18.4 Å². The van der Waals surface area contributed by atoms with Gasteiger partial charge in [-0.05, 0) is 30.5 Å². The summed E-state index contributed by atoms with van der Waals surface area (Å²) in [6, 6.07) is 5.39. The van der Waals surface area contributed by atoms with Crippen molar-refractivity contribution < 1.29 is 4.39 Å². The second-order valence-corrected chi connectivity index (χ2v) is 4.03. The number of nitrogens with one attached hydrogen (secondary N) is 1. The zero-order valence-corrected chi connectivity index (χ0v) is 8.75. The van der Waals surface area contributed by atoms with E-state index in [1.165, 1.54) is 11.8 Å². The van der Waals surface area contributed by atoms with E-state index in [-0.39, 0.29) is 5.82 Å². The van der Waals surface area contributed by atoms with E-state index >= 15 is 0 Å². The summed E-state index contributed by atoms with van der Waals surface area (Å²) in [4.78, 5) is 0.738. The van der Waals surface area contributed by atoms with Crippen LogP contribution in [-0.4, -0.2) is 12.8 Å². The second-order valence-electron chi connectivity index (χ2n) is 2.73. The van der Waals surface area contributed by atoms with Gasteiger partial charge in [0.05, 0.1) is 0 Å². The summed E-state index contributed by atoms with van der Waals surface area (Å²) in [7, 11) is 1.85. The lowest BCUT2D eigenvalue weighted by molar-refractivity contribution is 0.598. The van der Waals surface area contributed by atoms with Gasteiger partial charge in [0, 0.05) is 11.4 Å². The third-order valence-electron chi connectivity index (χ3n) is 1.68. The van der Waals surface area contributed by atoms with Crippen molar-refractivity contribution in [3.8, 4) is 0 Å². The third-order valence-corrected chi connectivity index (χ3v) is 2.61. The molecule has 0 atom stereocenters. The molecule has 0 fully saturated rings. The molecule has 1 N–H and O–H groups in total. The molecule has 0 spiro atoms. The quantitative estimate of drug-likeness (QED) is 0.748. The van der Waals surface area contributed by atoms with Gasteiger partial charge in [-0.2, -0.15) is 0 Å². The Balaban J connectivity index is 2.79. The first-order valence-corrected chi connectivity index (χ1v) is 5.32. The molecule has 0 heterocycles. The van der Waals surface area contributed by atoms with Crippen LogP contribution < -0.4 is 5.32 Å². The highest BCUT2D eigenvalue weighted by atomic mass is 32.2. The lowest BCUT2D eigenvalue weighted by Crippen LogP contribution is -2.05. The first-order chi connectivity index (χ1) is 6.27. The van der Waals surface area contributed by atoms with Gasteiger partial charge in [-0.1, -0.05) is 13.0 Å². The zero-order chi connectivity index (χ0) is 9.68. The molecule has 0 aliphatic heterocycles. The van der Waals surface area contributed by atoms with Gasteiger partial charge in [0.2, 0.25) is 0 Å². The third kappa shape index (κ3) is 3.01. The molecule has 0 aromatic heterocycles. The molecule has 1 aromatic rings. The molecule has 1 aromatic carbocycles. The SMILES string of the molecule is CCSc1ccc(CNC)cc1F. The van der Waals surface area contributed by atoms with E-state index in [1.54, 1.807) is 6.07 Å². The van der Waals surface area contributed by atoms with Gasteiger partial charge >= 0.3 is 0 Å². The van der Waals surface area contributed by atoms with Crippen LogP contribution in [0, 0.1) is 5.82 Å². The Morgan fingerprint density at radius 1 is 1.46 bits per heavy atom. The van der Waals surface area contributed by atoms with Crippen molar-refractivity contribution in [2.75, 3.05) is 12.8 Å². The van der Waals surface area contributed by atoms with Crippen LogP contribution in [0.5, 0.6) is 0 Å². The van der Waals surface area contributed by atoms with E-state index in [9.17, 15) is 4.39 Å². The Morgan fingerprint density at radius 3 is 2.77 bits per heavy atom. The van der Waals surface area contributed by atoms with Crippen LogP contribution >= 0.6 is 11.8 Å². The maximum Gasteiger partial charge on any atom is 0.137 e. The summed E-state index contributed by atoms with van der Waals surface area (Å²) in [6.07, 6.45) is 0. The summed E-state index contributed by atoms with van der Waals surface area (Å²) in [5.74, 6) is 0.794. The van der Waals surface area contributed by atoms with Crippen LogP contribution in [0.2, 0.25) is 0 Å². The molecule has 1 rings (SSSR count). The van der Waals surface area contributed by atoms with Gasteiger partial charge in [-0.25, -0.2) is 4.39 Å². The molecular weight excluding hydrogens is 185 g/mol. The van der Waals surface area contributed by atoms with Crippen LogP contribution in [0.3, 0.4) is 0 Å². The fourth-order valence-corrected chi connectivity index (χ4v) is 1.80. The van der Waals surface area contributed by atoms with Gasteiger partial charge < -0.3 is 5.32 Å². The molecular formula is C10H14FNS. The topological polar surface area (TPSA) is 12.0 Å². The molecule has 3 heteroatoms. The minimum Gasteiger partial charge on any atom is -0.316 e. The smallest absolute Gasteiger partial charge is 0.137 e. The normalized spacial score (nSPS) is 10.4. The van der Waals surface area contributed by atoms with E-state index < -0.39 is 0 Å². The van der Waals surface area contributed by atoms with E-state index in [2.05, 4.69) is 5.32 Å². The summed E-state index contributed by atoms with van der Waals surface area (Å²) < 4.78 is 13.3. The van der Waals surface area contributed by atoms with Crippen LogP contribution in [-0.2, 0) is 6.54 Å². The van der Waals surface area contributed by atoms with Gasteiger partial charge in [-0.15, -0.1) is 11.8 Å². The molecule has 1 nitrogen and oxygen atoms in total. The van der Waals surface area contributed by atoms with E-state index in [4.69, 9.17) is 0 Å². The van der Waals surface area contributed by atoms with Gasteiger partial charge in [0.25, 0.3) is 0 Å². The number of hydrogen-bond donors (Lipinski definition) is 1. The van der Waals surface area contributed by atoms with E-state index in [0.717, 1.165) is 16.2 Å². The van der Waals surface area contributed by atoms with Crippen molar-refractivity contribution in [3.05, 3.63) is 29.6 Å². The number of benzene rings is 1. The Labute approximate surface area is 82.7 Å². The largest absolute Gasteiger partial charge is 0.316 e. The molecule has 13 heavy (non-hydrogen) atoms. The first kappa shape index (κ1) is 10.5. The Morgan fingerprint density at radius 2 is 2.23 bits per heavy atom. The summed E-state index contributed by atoms with van der Waals surface area (Å²) >= 11 is 1.53. The van der Waals surface area contributed by atoms with Crippen LogP contribution in [0.4, 0.5) is 4.39 Å². The second kappa shape index (κ2) is 5.25. The van der Waals surface area contributed by atoms with Crippen LogP contribution in [0.25, 0.3) is 0 Å². The minimum absolute atomic E-state index is 0.111. The predicted octanol–water partition coefficient (Wildman–Crippen LogP) is 2.66. The van der Waals surface area contributed by atoms with Crippen molar-refractivity contribution in [2.24, 2.45) is 0 Å². The average molecular weight is 199 g/mol. The number of halogens is 1. The molecule has 0 saturated heterocycles. The summed E-state index contributed by atoms with van der Waals surface area (Å²) in [6.45, 7) is 2.74. The number of hydrogen-bond acceptors (Lipinski definition) is 2. The predicted molar refractivity (Wildman–Crippen MR) is 55.6 cm³/mol. The molecule has 0 bridgehead atoms. The average Bonchev–Trinajstić information content (AvgIpc) is 2.10. The number of rotatable bonds is 4. The monoisotopic (exact) mass is 199 g/mol. The molecule has 0 saturated carbocycles. The minimum atomic E-state index is -0.111. The first-order valence-electron chi connectivity index (χ1n) is 4.33. The molecule has 0 unspecified atom stereocenters. The lowest BCUT2D eigenvalue weighted by atomic mass is 10.2. The van der Waals surface area contributed by atoms with E-state index in [1.807, 2.05) is 26.1 Å². The highest BCUT2D eigenvalue weighted by Crippen LogP contribution is 2.21. The summed E-state index contributed by atoms with van der Waals surface area (Å²) in [5, 5.41) is 2.99. The molecule has 0 amide bonds. The Hall–Kier alpha value is -0.540. The van der Waals surface area contributed by atoms with Gasteiger partial charge in [-0.3, -0.25) is 0 Å². The van der Waals surface area contributed by atoms with Crippen molar-refractivity contribution in [3.63, 3.8) is 0 Å². The zero-order valence-electron chi connectivity index (χ0n) is 7.93. The fourth-order valence-electron chi connectivity index (χ4n) is 1.13. The van der Waals surface area contributed by atoms with Gasteiger partial charge in [0.15, 0.2) is 0 Å². The van der Waals surface area contributed by atoms with Crippen molar-refractivity contribution in [1.29, 1.82) is 0 Å². The molecule has 0 aliphatic rings.